The minimum Gasteiger partial charge on any atom is -0.382 e. The molecule has 0 spiro atoms. The summed E-state index contributed by atoms with van der Waals surface area (Å²) in [5, 5.41) is 2.76. The molecule has 2 heterocycles. The van der Waals surface area contributed by atoms with E-state index in [2.05, 4.69) is 15.3 Å². The van der Waals surface area contributed by atoms with Gasteiger partial charge in [-0.25, -0.2) is 9.97 Å². The number of para-hydroxylation sites is 1. The molecule has 0 saturated carbocycles. The smallest absolute Gasteiger partial charge is 0.278 e. The molecule has 0 radical (unpaired) electrons. The molecular weight excluding hydrogens is 382 g/mol. The van der Waals surface area contributed by atoms with Crippen LogP contribution in [0.5, 0.6) is 0 Å². The summed E-state index contributed by atoms with van der Waals surface area (Å²) in [7, 11) is 0. The van der Waals surface area contributed by atoms with E-state index in [-0.39, 0.29) is 20.3 Å². The lowest BCUT2D eigenvalue weighted by Gasteiger charge is -2.27. The largest absolute Gasteiger partial charge is 0.382 e. The van der Waals surface area contributed by atoms with Gasteiger partial charge in [-0.1, -0.05) is 30.3 Å². The van der Waals surface area contributed by atoms with Gasteiger partial charge in [0.25, 0.3) is 11.8 Å². The number of rotatable bonds is 4. The maximum Gasteiger partial charge on any atom is 0.278 e. The van der Waals surface area contributed by atoms with Gasteiger partial charge in [0.2, 0.25) is 0 Å². The lowest BCUT2D eigenvalue weighted by Crippen LogP contribution is -2.40. The highest BCUT2D eigenvalue weighted by Gasteiger charge is 2.20. The first-order valence-corrected chi connectivity index (χ1v) is 9.58. The minimum absolute atomic E-state index is 0. The number of nitrogen functional groups attached to an aromatic ring is 1. The summed E-state index contributed by atoms with van der Waals surface area (Å²) >= 11 is 0. The standard InChI is InChI=1S/C22H21N5O3.2H2/c23-20-19(21(28)25-17-7-2-1-3-8-17)26-18(14-24-20)15-5-4-6-16(13-15)22(29)27-9-11-30-12-10-27;;/h1-8,13-14H,9-12H2,(H2,23,24)(H,25,28);2*1H. The topological polar surface area (TPSA) is 110 Å². The lowest BCUT2D eigenvalue weighted by molar-refractivity contribution is 0.0303. The zero-order valence-electron chi connectivity index (χ0n) is 16.2. The van der Waals surface area contributed by atoms with Crippen molar-refractivity contribution in [2.24, 2.45) is 0 Å². The fourth-order valence-corrected chi connectivity index (χ4v) is 3.18. The second-order valence-electron chi connectivity index (χ2n) is 6.79. The number of benzene rings is 2. The molecule has 0 unspecified atom stereocenters. The van der Waals surface area contributed by atoms with E-state index in [1.165, 1.54) is 6.20 Å². The van der Waals surface area contributed by atoms with Crippen molar-refractivity contribution < 1.29 is 17.2 Å². The molecule has 156 valence electrons. The van der Waals surface area contributed by atoms with Gasteiger partial charge in [0.15, 0.2) is 11.5 Å². The summed E-state index contributed by atoms with van der Waals surface area (Å²) in [6, 6.07) is 16.1. The summed E-state index contributed by atoms with van der Waals surface area (Å²) in [6.07, 6.45) is 1.49. The molecular formula is C22H25N5O3. The number of nitrogens with zero attached hydrogens (tertiary/aromatic N) is 3. The number of ether oxygens (including phenoxy) is 1. The van der Waals surface area contributed by atoms with E-state index < -0.39 is 5.91 Å². The monoisotopic (exact) mass is 407 g/mol. The number of carbonyl (C=O) groups is 2. The van der Waals surface area contributed by atoms with Gasteiger partial charge in [-0.15, -0.1) is 0 Å². The van der Waals surface area contributed by atoms with Crippen LogP contribution in [-0.2, 0) is 4.74 Å². The van der Waals surface area contributed by atoms with Gasteiger partial charge in [0.05, 0.1) is 25.1 Å². The first kappa shape index (κ1) is 19.5. The van der Waals surface area contributed by atoms with Crippen molar-refractivity contribution >= 4 is 23.3 Å². The Bertz CT molecular complexity index is 1080. The van der Waals surface area contributed by atoms with Crippen LogP contribution < -0.4 is 11.1 Å². The number of nitrogens with two attached hydrogens (primary N) is 1. The Hall–Kier alpha value is -3.78. The Morgan fingerprint density at radius 2 is 1.83 bits per heavy atom. The van der Waals surface area contributed by atoms with E-state index >= 15 is 0 Å². The van der Waals surface area contributed by atoms with Crippen LogP contribution in [0.1, 0.15) is 23.7 Å². The number of morpholine rings is 1. The van der Waals surface area contributed by atoms with Gasteiger partial charge in [-0.2, -0.15) is 0 Å². The van der Waals surface area contributed by atoms with Gasteiger partial charge in [0, 0.05) is 32.8 Å². The molecule has 1 saturated heterocycles. The number of hydrogen-bond donors (Lipinski definition) is 2. The Morgan fingerprint density at radius 3 is 2.60 bits per heavy atom. The molecule has 2 amide bonds. The SMILES string of the molecule is Nc1ncc(-c2cccc(C(=O)N3CCOCC3)c2)nc1C(=O)Nc1ccccc1.[HH].[HH]. The lowest BCUT2D eigenvalue weighted by atomic mass is 10.1. The molecule has 2 aromatic carbocycles. The molecule has 0 aliphatic carbocycles. The highest BCUT2D eigenvalue weighted by Crippen LogP contribution is 2.21. The van der Waals surface area contributed by atoms with Gasteiger partial charge < -0.3 is 20.7 Å². The maximum atomic E-state index is 12.8. The van der Waals surface area contributed by atoms with Crippen LogP contribution >= 0.6 is 0 Å². The third-order valence-electron chi connectivity index (χ3n) is 4.75. The second kappa shape index (κ2) is 8.71. The first-order valence-electron chi connectivity index (χ1n) is 9.58. The van der Waals surface area contributed by atoms with Crippen LogP contribution in [0.3, 0.4) is 0 Å². The van der Waals surface area contributed by atoms with Gasteiger partial charge >= 0.3 is 0 Å². The van der Waals surface area contributed by atoms with Crippen LogP contribution in [0.15, 0.2) is 60.8 Å². The normalized spacial score (nSPS) is 13.7. The van der Waals surface area contributed by atoms with E-state index in [1.54, 1.807) is 35.2 Å². The van der Waals surface area contributed by atoms with E-state index in [4.69, 9.17) is 10.5 Å². The fourth-order valence-electron chi connectivity index (χ4n) is 3.18. The Morgan fingerprint density at radius 1 is 1.07 bits per heavy atom. The van der Waals surface area contributed by atoms with E-state index in [0.717, 1.165) is 0 Å². The van der Waals surface area contributed by atoms with Crippen molar-refractivity contribution in [1.29, 1.82) is 0 Å². The molecule has 0 atom stereocenters. The predicted octanol–water partition coefficient (Wildman–Crippen LogP) is 2.94. The highest BCUT2D eigenvalue weighted by atomic mass is 16.5. The maximum absolute atomic E-state index is 12.8. The molecule has 3 N–H and O–H groups in total. The molecule has 8 heteroatoms. The van der Waals surface area contributed by atoms with Crippen molar-refractivity contribution in [2.75, 3.05) is 37.4 Å². The number of anilines is 2. The molecule has 4 rings (SSSR count). The Kier molecular flexibility index (Phi) is 5.67. The second-order valence-corrected chi connectivity index (χ2v) is 6.79. The van der Waals surface area contributed by atoms with E-state index in [9.17, 15) is 9.59 Å². The highest BCUT2D eigenvalue weighted by molar-refractivity contribution is 6.06. The van der Waals surface area contributed by atoms with Crippen LogP contribution in [0.4, 0.5) is 11.5 Å². The number of hydrogen-bond acceptors (Lipinski definition) is 6. The van der Waals surface area contributed by atoms with Crippen LogP contribution in [0.25, 0.3) is 11.3 Å². The molecule has 1 aliphatic rings. The van der Waals surface area contributed by atoms with Crippen LogP contribution in [-0.4, -0.2) is 53.0 Å². The third kappa shape index (κ3) is 4.28. The molecule has 8 nitrogen and oxygen atoms in total. The number of carbonyl (C=O) groups excluding carboxylic acids is 2. The van der Waals surface area contributed by atoms with Gasteiger partial charge in [-0.05, 0) is 24.3 Å². The fraction of sp³-hybridized carbons (Fsp3) is 0.182. The average molecular weight is 407 g/mol. The Labute approximate surface area is 176 Å². The van der Waals surface area contributed by atoms with Gasteiger partial charge in [-0.3, -0.25) is 9.59 Å². The number of nitrogens with one attached hydrogen (secondary N) is 1. The quantitative estimate of drug-likeness (QED) is 0.688. The van der Waals surface area contributed by atoms with Gasteiger partial charge in [0.1, 0.15) is 0 Å². The zero-order valence-corrected chi connectivity index (χ0v) is 16.2. The molecule has 1 aliphatic heterocycles. The van der Waals surface area contributed by atoms with Crippen molar-refractivity contribution in [3.05, 3.63) is 72.1 Å². The van der Waals surface area contributed by atoms with Crippen molar-refractivity contribution in [1.82, 2.24) is 14.9 Å². The third-order valence-corrected chi connectivity index (χ3v) is 4.75. The predicted molar refractivity (Wildman–Crippen MR) is 117 cm³/mol. The van der Waals surface area contributed by atoms with Crippen LogP contribution in [0, 0.1) is 0 Å². The first-order chi connectivity index (χ1) is 14.6. The molecule has 0 bridgehead atoms. The molecule has 30 heavy (non-hydrogen) atoms. The summed E-state index contributed by atoms with van der Waals surface area (Å²) in [6.45, 7) is 2.20. The minimum atomic E-state index is -0.450. The number of aromatic nitrogens is 2. The van der Waals surface area contributed by atoms with E-state index in [0.29, 0.717) is 48.8 Å². The van der Waals surface area contributed by atoms with Crippen LogP contribution in [0.2, 0.25) is 0 Å². The number of amides is 2. The average Bonchev–Trinajstić information content (AvgIpc) is 2.80. The summed E-state index contributed by atoms with van der Waals surface area (Å²) in [5.41, 5.74) is 8.23. The summed E-state index contributed by atoms with van der Waals surface area (Å²) in [4.78, 5) is 35.7. The molecule has 3 aromatic rings. The van der Waals surface area contributed by atoms with Crippen molar-refractivity contribution in [3.8, 4) is 11.3 Å². The van der Waals surface area contributed by atoms with Crippen molar-refractivity contribution in [2.45, 2.75) is 0 Å². The molecule has 1 aromatic heterocycles. The zero-order chi connectivity index (χ0) is 20.9. The summed E-state index contributed by atoms with van der Waals surface area (Å²) in [5.74, 6) is -0.480. The Balaban J connectivity index is 0.00000181. The van der Waals surface area contributed by atoms with E-state index in [1.807, 2.05) is 24.3 Å². The summed E-state index contributed by atoms with van der Waals surface area (Å²) < 4.78 is 5.31. The molecule has 1 fully saturated rings. The van der Waals surface area contributed by atoms with Crippen molar-refractivity contribution in [3.63, 3.8) is 0 Å².